The molecule has 3 rings (SSSR count). The zero-order valence-corrected chi connectivity index (χ0v) is 9.55. The van der Waals surface area contributed by atoms with Crippen molar-refractivity contribution in [1.29, 1.82) is 0 Å². The van der Waals surface area contributed by atoms with Gasteiger partial charge in [0.15, 0.2) is 5.82 Å². The molecule has 0 aromatic rings. The third kappa shape index (κ3) is 1.39. The Morgan fingerprint density at radius 1 is 1.31 bits per heavy atom. The molecule has 1 aliphatic heterocycles. The van der Waals surface area contributed by atoms with Gasteiger partial charge in [0.2, 0.25) is 0 Å². The molecule has 3 heteroatoms. The number of allylic oxidation sites excluding steroid dienone is 4. The molecule has 3 aliphatic rings. The molecular weight excluding hydrogens is 200 g/mol. The highest BCUT2D eigenvalue weighted by atomic mass is 16.5. The van der Waals surface area contributed by atoms with E-state index in [0.29, 0.717) is 5.82 Å². The van der Waals surface area contributed by atoms with E-state index in [-0.39, 0.29) is 0 Å². The van der Waals surface area contributed by atoms with E-state index in [1.54, 1.807) is 0 Å². The summed E-state index contributed by atoms with van der Waals surface area (Å²) in [6.45, 7) is 1.86. The number of hydrogen-bond acceptors (Lipinski definition) is 3. The van der Waals surface area contributed by atoms with Crippen LogP contribution in [-0.4, -0.2) is 5.71 Å². The van der Waals surface area contributed by atoms with Crippen LogP contribution in [0.5, 0.6) is 0 Å². The van der Waals surface area contributed by atoms with Crippen LogP contribution in [0.15, 0.2) is 39.6 Å². The Bertz CT molecular complexity index is 466. The van der Waals surface area contributed by atoms with Crippen LogP contribution < -0.4 is 5.73 Å². The van der Waals surface area contributed by atoms with E-state index >= 15 is 0 Å². The minimum absolute atomic E-state index is 0.520. The highest BCUT2D eigenvalue weighted by Crippen LogP contribution is 2.36. The molecule has 0 radical (unpaired) electrons. The highest BCUT2D eigenvalue weighted by Gasteiger charge is 2.27. The molecular formula is C13H16N2O. The molecule has 0 fully saturated rings. The summed E-state index contributed by atoms with van der Waals surface area (Å²) >= 11 is 0. The fourth-order valence-electron chi connectivity index (χ4n) is 2.57. The summed E-state index contributed by atoms with van der Waals surface area (Å²) in [5.74, 6) is 2.15. The first-order valence-electron chi connectivity index (χ1n) is 5.90. The Morgan fingerprint density at radius 3 is 3.00 bits per heavy atom. The average Bonchev–Trinajstić information content (AvgIpc) is 2.31. The van der Waals surface area contributed by atoms with Gasteiger partial charge in [-0.1, -0.05) is 5.57 Å². The number of nitrogens with zero attached hydrogens (tertiary/aromatic N) is 1. The van der Waals surface area contributed by atoms with Crippen molar-refractivity contribution in [2.45, 2.75) is 39.0 Å². The second-order valence-corrected chi connectivity index (χ2v) is 4.57. The molecule has 0 saturated carbocycles. The largest absolute Gasteiger partial charge is 0.456 e. The van der Waals surface area contributed by atoms with Gasteiger partial charge in [-0.15, -0.1) is 0 Å². The third-order valence-corrected chi connectivity index (χ3v) is 3.49. The van der Waals surface area contributed by atoms with Crippen LogP contribution in [0.2, 0.25) is 0 Å². The van der Waals surface area contributed by atoms with Crippen LogP contribution in [0, 0.1) is 0 Å². The molecule has 0 amide bonds. The lowest BCUT2D eigenvalue weighted by molar-refractivity contribution is 0.315. The first kappa shape index (κ1) is 9.70. The second kappa shape index (κ2) is 3.51. The number of nitrogens with two attached hydrogens (primary N) is 1. The van der Waals surface area contributed by atoms with Crippen LogP contribution in [0.25, 0.3) is 0 Å². The minimum atomic E-state index is 0.520. The van der Waals surface area contributed by atoms with Crippen molar-refractivity contribution in [3.8, 4) is 0 Å². The number of aliphatic imine (C=N–C) groups is 1. The lowest BCUT2D eigenvalue weighted by Crippen LogP contribution is -2.22. The van der Waals surface area contributed by atoms with Crippen molar-refractivity contribution in [3.05, 3.63) is 34.6 Å². The summed E-state index contributed by atoms with van der Waals surface area (Å²) < 4.78 is 5.70. The van der Waals surface area contributed by atoms with Gasteiger partial charge >= 0.3 is 0 Å². The van der Waals surface area contributed by atoms with Gasteiger partial charge in [0.25, 0.3) is 0 Å². The SMILES string of the molecule is CC1=C(N)N=C2C(=CCC3=C2CCCC3)O1. The van der Waals surface area contributed by atoms with Gasteiger partial charge < -0.3 is 10.5 Å². The Kier molecular flexibility index (Phi) is 2.13. The molecule has 0 saturated heterocycles. The van der Waals surface area contributed by atoms with Gasteiger partial charge in [-0.05, 0) is 50.7 Å². The summed E-state index contributed by atoms with van der Waals surface area (Å²) in [6.07, 6.45) is 8.06. The normalized spacial score (nSPS) is 24.3. The monoisotopic (exact) mass is 216 g/mol. The lowest BCUT2D eigenvalue weighted by Gasteiger charge is -2.28. The predicted octanol–water partition coefficient (Wildman–Crippen LogP) is 2.76. The molecule has 16 heavy (non-hydrogen) atoms. The predicted molar refractivity (Wildman–Crippen MR) is 63.6 cm³/mol. The van der Waals surface area contributed by atoms with Gasteiger partial charge in [-0.2, -0.15) is 0 Å². The number of rotatable bonds is 0. The molecule has 0 atom stereocenters. The van der Waals surface area contributed by atoms with Gasteiger partial charge in [0.1, 0.15) is 17.2 Å². The summed E-state index contributed by atoms with van der Waals surface area (Å²) in [5.41, 5.74) is 9.73. The highest BCUT2D eigenvalue weighted by molar-refractivity contribution is 6.13. The summed E-state index contributed by atoms with van der Waals surface area (Å²) in [5, 5.41) is 0. The lowest BCUT2D eigenvalue weighted by atomic mass is 9.83. The zero-order chi connectivity index (χ0) is 11.1. The second-order valence-electron chi connectivity index (χ2n) is 4.57. The van der Waals surface area contributed by atoms with Crippen LogP contribution in [-0.2, 0) is 4.74 Å². The standard InChI is InChI=1S/C13H16N2O/c1-8-13(14)15-12-10-5-3-2-4-9(10)6-7-11(12)16-8/h7H,2-6,14H2,1H3. The Hall–Kier alpha value is -1.51. The first-order valence-corrected chi connectivity index (χ1v) is 5.90. The minimum Gasteiger partial charge on any atom is -0.456 e. The maximum atomic E-state index is 5.82. The van der Waals surface area contributed by atoms with Gasteiger partial charge in [0, 0.05) is 0 Å². The molecule has 0 spiro atoms. The van der Waals surface area contributed by atoms with E-state index in [4.69, 9.17) is 10.5 Å². The van der Waals surface area contributed by atoms with Crippen molar-refractivity contribution in [2.24, 2.45) is 10.7 Å². The van der Waals surface area contributed by atoms with E-state index in [0.717, 1.165) is 30.1 Å². The van der Waals surface area contributed by atoms with E-state index in [1.165, 1.54) is 30.4 Å². The Balaban J connectivity index is 2.07. The molecule has 0 bridgehead atoms. The molecule has 2 aliphatic carbocycles. The topological polar surface area (TPSA) is 47.6 Å². The van der Waals surface area contributed by atoms with Crippen LogP contribution >= 0.6 is 0 Å². The van der Waals surface area contributed by atoms with Crippen LogP contribution in [0.3, 0.4) is 0 Å². The molecule has 2 N–H and O–H groups in total. The Labute approximate surface area is 95.4 Å². The number of ether oxygens (including phenoxy) is 1. The van der Waals surface area contributed by atoms with E-state index in [1.807, 2.05) is 6.92 Å². The zero-order valence-electron chi connectivity index (χ0n) is 9.55. The van der Waals surface area contributed by atoms with E-state index in [9.17, 15) is 0 Å². The fourth-order valence-corrected chi connectivity index (χ4v) is 2.57. The molecule has 0 unspecified atom stereocenters. The molecule has 0 aromatic carbocycles. The summed E-state index contributed by atoms with van der Waals surface area (Å²) in [7, 11) is 0. The molecule has 3 nitrogen and oxygen atoms in total. The van der Waals surface area contributed by atoms with Crippen molar-refractivity contribution >= 4 is 5.71 Å². The molecule has 84 valence electrons. The van der Waals surface area contributed by atoms with E-state index in [2.05, 4.69) is 11.1 Å². The fraction of sp³-hybridized carbons (Fsp3) is 0.462. The van der Waals surface area contributed by atoms with Crippen molar-refractivity contribution < 1.29 is 4.74 Å². The molecule has 1 heterocycles. The average molecular weight is 216 g/mol. The smallest absolute Gasteiger partial charge is 0.162 e. The maximum absolute atomic E-state index is 5.82. The summed E-state index contributed by atoms with van der Waals surface area (Å²) in [4.78, 5) is 4.49. The molecule has 0 aromatic heterocycles. The van der Waals surface area contributed by atoms with Gasteiger partial charge in [-0.3, -0.25) is 0 Å². The quantitative estimate of drug-likeness (QED) is 0.676. The third-order valence-electron chi connectivity index (χ3n) is 3.49. The van der Waals surface area contributed by atoms with Crippen LogP contribution in [0.1, 0.15) is 39.0 Å². The number of hydrogen-bond donors (Lipinski definition) is 1. The Morgan fingerprint density at radius 2 is 2.12 bits per heavy atom. The van der Waals surface area contributed by atoms with E-state index < -0.39 is 0 Å². The maximum Gasteiger partial charge on any atom is 0.162 e. The van der Waals surface area contributed by atoms with Crippen molar-refractivity contribution in [1.82, 2.24) is 0 Å². The number of fused-ring (bicyclic) bond motifs is 2. The summed E-state index contributed by atoms with van der Waals surface area (Å²) in [6, 6.07) is 0. The van der Waals surface area contributed by atoms with Gasteiger partial charge in [-0.25, -0.2) is 4.99 Å². The van der Waals surface area contributed by atoms with Gasteiger partial charge in [0.05, 0.1) is 0 Å². The van der Waals surface area contributed by atoms with Crippen LogP contribution in [0.4, 0.5) is 0 Å². The van der Waals surface area contributed by atoms with Crippen molar-refractivity contribution in [3.63, 3.8) is 0 Å². The van der Waals surface area contributed by atoms with Crippen molar-refractivity contribution in [2.75, 3.05) is 0 Å². The first-order chi connectivity index (χ1) is 7.75.